The predicted molar refractivity (Wildman–Crippen MR) is 91.7 cm³/mol. The molecule has 122 valence electrons. The molecule has 1 aliphatic rings. The zero-order chi connectivity index (χ0) is 16.7. The minimum absolute atomic E-state index is 0.174. The lowest BCUT2D eigenvalue weighted by atomic mass is 10.0. The first kappa shape index (κ1) is 14.9. The van der Waals surface area contributed by atoms with Gasteiger partial charge in [0.1, 0.15) is 11.4 Å². The first-order chi connectivity index (χ1) is 11.6. The fourth-order valence-corrected chi connectivity index (χ4v) is 3.38. The number of furan rings is 1. The van der Waals surface area contributed by atoms with E-state index in [1.807, 2.05) is 6.92 Å². The van der Waals surface area contributed by atoms with Crippen LogP contribution >= 0.6 is 0 Å². The number of benzene rings is 2. The van der Waals surface area contributed by atoms with Gasteiger partial charge in [0.15, 0.2) is 0 Å². The molecule has 3 nitrogen and oxygen atoms in total. The van der Waals surface area contributed by atoms with Crippen LogP contribution in [-0.4, -0.2) is 5.91 Å². The molecule has 2 aromatic carbocycles. The number of anilines is 1. The molecule has 0 saturated heterocycles. The highest BCUT2D eigenvalue weighted by Gasteiger charge is 2.17. The molecule has 0 fully saturated rings. The fourth-order valence-electron chi connectivity index (χ4n) is 3.38. The van der Waals surface area contributed by atoms with Crippen LogP contribution in [0.3, 0.4) is 0 Å². The summed E-state index contributed by atoms with van der Waals surface area (Å²) in [4.78, 5) is 12.3. The second-order valence-electron chi connectivity index (χ2n) is 6.42. The lowest BCUT2D eigenvalue weighted by Crippen LogP contribution is -2.15. The molecule has 1 aromatic heterocycles. The van der Waals surface area contributed by atoms with Crippen LogP contribution in [0, 0.1) is 12.7 Å². The third kappa shape index (κ3) is 2.68. The molecule has 4 heteroatoms. The first-order valence-corrected chi connectivity index (χ1v) is 8.18. The van der Waals surface area contributed by atoms with Gasteiger partial charge in [0.05, 0.1) is 12.7 Å². The number of amides is 1. The number of carbonyl (C=O) groups is 1. The summed E-state index contributed by atoms with van der Waals surface area (Å²) in [5.74, 6) is -0.535. The Kier molecular flexibility index (Phi) is 3.60. The molecule has 3 aromatic rings. The molecule has 0 radical (unpaired) electrons. The van der Waals surface area contributed by atoms with Crippen molar-refractivity contribution in [3.8, 4) is 0 Å². The molecule has 0 atom stereocenters. The smallest absolute Gasteiger partial charge is 0.228 e. The summed E-state index contributed by atoms with van der Waals surface area (Å²) >= 11 is 0. The van der Waals surface area contributed by atoms with E-state index in [9.17, 15) is 9.18 Å². The van der Waals surface area contributed by atoms with Gasteiger partial charge in [-0.2, -0.15) is 0 Å². The van der Waals surface area contributed by atoms with Crippen LogP contribution in [0.1, 0.15) is 28.7 Å². The van der Waals surface area contributed by atoms with Crippen LogP contribution in [0.4, 0.5) is 10.1 Å². The molecular formula is C20H18FNO2. The quantitative estimate of drug-likeness (QED) is 0.768. The van der Waals surface area contributed by atoms with E-state index in [4.69, 9.17) is 4.42 Å². The van der Waals surface area contributed by atoms with E-state index in [0.29, 0.717) is 5.69 Å². The van der Waals surface area contributed by atoms with Crippen molar-refractivity contribution in [2.75, 3.05) is 5.32 Å². The third-order valence-electron chi connectivity index (χ3n) is 4.69. The van der Waals surface area contributed by atoms with E-state index in [2.05, 4.69) is 17.4 Å². The summed E-state index contributed by atoms with van der Waals surface area (Å²) in [6, 6.07) is 8.62. The average molecular weight is 323 g/mol. The van der Waals surface area contributed by atoms with Crippen LogP contribution in [0.15, 0.2) is 41.0 Å². The largest absolute Gasteiger partial charge is 0.464 e. The van der Waals surface area contributed by atoms with Crippen molar-refractivity contribution in [2.45, 2.75) is 32.6 Å². The van der Waals surface area contributed by atoms with Gasteiger partial charge < -0.3 is 9.73 Å². The van der Waals surface area contributed by atoms with Gasteiger partial charge in [-0.05, 0) is 67.1 Å². The zero-order valence-corrected chi connectivity index (χ0v) is 13.5. The molecule has 0 spiro atoms. The van der Waals surface area contributed by atoms with Crippen LogP contribution < -0.4 is 5.32 Å². The molecule has 1 amide bonds. The molecule has 1 N–H and O–H groups in total. The van der Waals surface area contributed by atoms with Gasteiger partial charge in [-0.1, -0.05) is 6.07 Å². The first-order valence-electron chi connectivity index (χ1n) is 8.18. The highest BCUT2D eigenvalue weighted by atomic mass is 19.1. The maximum atomic E-state index is 13.3. The Morgan fingerprint density at radius 1 is 1.21 bits per heavy atom. The van der Waals surface area contributed by atoms with Crippen molar-refractivity contribution in [1.29, 1.82) is 0 Å². The molecule has 4 rings (SSSR count). The monoisotopic (exact) mass is 323 g/mol. The Morgan fingerprint density at radius 3 is 2.83 bits per heavy atom. The minimum Gasteiger partial charge on any atom is -0.464 e. The number of hydrogen-bond acceptors (Lipinski definition) is 2. The molecular weight excluding hydrogens is 305 g/mol. The normalized spacial score (nSPS) is 13.2. The lowest BCUT2D eigenvalue weighted by Gasteiger charge is -2.08. The lowest BCUT2D eigenvalue weighted by molar-refractivity contribution is -0.115. The zero-order valence-electron chi connectivity index (χ0n) is 13.5. The number of fused-ring (bicyclic) bond motifs is 2. The standard InChI is InChI=1S/C20H18FNO2/c1-12-5-6-16(21)10-18(12)22-20(23)9-15-11-24-19-8-14-4-2-3-13(14)7-17(15)19/h5-8,10-11H,2-4,9H2,1H3,(H,22,23). The van der Waals surface area contributed by atoms with Crippen molar-refractivity contribution in [1.82, 2.24) is 0 Å². The summed E-state index contributed by atoms with van der Waals surface area (Å²) in [7, 11) is 0. The number of halogens is 1. The topological polar surface area (TPSA) is 42.2 Å². The average Bonchev–Trinajstić information content (AvgIpc) is 3.15. The van der Waals surface area contributed by atoms with Crippen LogP contribution in [0.2, 0.25) is 0 Å². The number of rotatable bonds is 3. The Hall–Kier alpha value is -2.62. The Morgan fingerprint density at radius 2 is 2.00 bits per heavy atom. The number of hydrogen-bond donors (Lipinski definition) is 1. The second kappa shape index (κ2) is 5.78. The van der Waals surface area contributed by atoms with Gasteiger partial charge in [0, 0.05) is 16.6 Å². The van der Waals surface area contributed by atoms with Crippen molar-refractivity contribution < 1.29 is 13.6 Å². The second-order valence-corrected chi connectivity index (χ2v) is 6.42. The SMILES string of the molecule is Cc1ccc(F)cc1NC(=O)Cc1coc2cc3c(cc12)CCC3. The van der Waals surface area contributed by atoms with Crippen LogP contribution in [0.25, 0.3) is 11.0 Å². The molecule has 24 heavy (non-hydrogen) atoms. The van der Waals surface area contributed by atoms with Gasteiger partial charge in [-0.3, -0.25) is 4.79 Å². The van der Waals surface area contributed by atoms with Gasteiger partial charge in [-0.25, -0.2) is 4.39 Å². The van der Waals surface area contributed by atoms with E-state index in [0.717, 1.165) is 34.9 Å². The van der Waals surface area contributed by atoms with Gasteiger partial charge in [0.2, 0.25) is 5.91 Å². The maximum Gasteiger partial charge on any atom is 0.228 e. The summed E-state index contributed by atoms with van der Waals surface area (Å²) in [6.45, 7) is 1.84. The Balaban J connectivity index is 1.58. The molecule has 0 saturated carbocycles. The van der Waals surface area contributed by atoms with E-state index in [1.165, 1.54) is 29.7 Å². The molecule has 0 aliphatic heterocycles. The highest BCUT2D eigenvalue weighted by molar-refractivity contribution is 5.96. The van der Waals surface area contributed by atoms with Crippen molar-refractivity contribution >= 4 is 22.6 Å². The summed E-state index contributed by atoms with van der Waals surface area (Å²) in [6.07, 6.45) is 5.22. The van der Waals surface area contributed by atoms with E-state index in [-0.39, 0.29) is 18.1 Å². The number of carbonyl (C=O) groups excluding carboxylic acids is 1. The number of aryl methyl sites for hydroxylation is 3. The molecule has 0 bridgehead atoms. The van der Waals surface area contributed by atoms with E-state index >= 15 is 0 Å². The van der Waals surface area contributed by atoms with Gasteiger partial charge in [-0.15, -0.1) is 0 Å². The Bertz CT molecular complexity index is 942. The van der Waals surface area contributed by atoms with Crippen molar-refractivity contribution in [2.24, 2.45) is 0 Å². The summed E-state index contributed by atoms with van der Waals surface area (Å²) < 4.78 is 19.0. The van der Waals surface area contributed by atoms with Gasteiger partial charge in [0.25, 0.3) is 0 Å². The summed E-state index contributed by atoms with van der Waals surface area (Å²) in [5.41, 5.74) is 5.75. The highest BCUT2D eigenvalue weighted by Crippen LogP contribution is 2.30. The van der Waals surface area contributed by atoms with Crippen molar-refractivity contribution in [3.63, 3.8) is 0 Å². The van der Waals surface area contributed by atoms with E-state index < -0.39 is 0 Å². The fraction of sp³-hybridized carbons (Fsp3) is 0.250. The van der Waals surface area contributed by atoms with Gasteiger partial charge >= 0.3 is 0 Å². The molecule has 1 aliphatic carbocycles. The summed E-state index contributed by atoms with van der Waals surface area (Å²) in [5, 5.41) is 3.79. The van der Waals surface area contributed by atoms with Crippen LogP contribution in [0.5, 0.6) is 0 Å². The predicted octanol–water partition coefficient (Wildman–Crippen LogP) is 4.55. The van der Waals surface area contributed by atoms with E-state index in [1.54, 1.807) is 12.3 Å². The van der Waals surface area contributed by atoms with Crippen molar-refractivity contribution in [3.05, 3.63) is 64.7 Å². The molecule has 0 unspecified atom stereocenters. The minimum atomic E-state index is -0.361. The Labute approximate surface area is 139 Å². The van der Waals surface area contributed by atoms with Crippen LogP contribution in [-0.2, 0) is 24.1 Å². The number of nitrogens with one attached hydrogen (secondary N) is 1. The third-order valence-corrected chi connectivity index (χ3v) is 4.69. The maximum absolute atomic E-state index is 13.3. The molecule has 1 heterocycles.